The first-order chi connectivity index (χ1) is 9.97. The van der Waals surface area contributed by atoms with Crippen molar-refractivity contribution in [2.24, 2.45) is 0 Å². The van der Waals surface area contributed by atoms with Crippen molar-refractivity contribution in [3.8, 4) is 0 Å². The molecule has 1 spiro atoms. The number of rotatable bonds is 0. The predicted molar refractivity (Wildman–Crippen MR) is 66.9 cm³/mol. The second-order valence-corrected chi connectivity index (χ2v) is 6.38. The molecule has 0 radical (unpaired) electrons. The Balaban J connectivity index is 1.73. The zero-order valence-electron chi connectivity index (χ0n) is 11.7. The second-order valence-electron chi connectivity index (χ2n) is 6.38. The van der Waals surface area contributed by atoms with E-state index in [0.29, 0.717) is 24.0 Å². The van der Waals surface area contributed by atoms with E-state index in [1.165, 1.54) is 0 Å². The maximum atomic E-state index is 12.2. The van der Waals surface area contributed by atoms with Crippen LogP contribution in [0.2, 0.25) is 0 Å². The summed E-state index contributed by atoms with van der Waals surface area (Å²) in [6, 6.07) is 0. The van der Waals surface area contributed by atoms with Crippen LogP contribution in [0.15, 0.2) is 22.8 Å². The molecular weight excluding hydrogens is 276 g/mol. The van der Waals surface area contributed by atoms with Crippen LogP contribution >= 0.6 is 0 Å². The minimum atomic E-state index is -1.22. The zero-order valence-corrected chi connectivity index (χ0v) is 11.7. The van der Waals surface area contributed by atoms with Gasteiger partial charge in [-0.05, 0) is 38.3 Å². The molecule has 5 aliphatic heterocycles. The summed E-state index contributed by atoms with van der Waals surface area (Å²) in [7, 11) is 0. The predicted octanol–water partition coefficient (Wildman–Crippen LogP) is 0.758. The van der Waals surface area contributed by atoms with E-state index in [1.807, 2.05) is 13.0 Å². The highest BCUT2D eigenvalue weighted by Gasteiger charge is 2.76. The molecule has 3 fully saturated rings. The van der Waals surface area contributed by atoms with E-state index in [4.69, 9.17) is 18.9 Å². The Kier molecular flexibility index (Phi) is 1.83. The Bertz CT molecular complexity index is 676. The molecule has 110 valence electrons. The maximum absolute atomic E-state index is 12.2. The third-order valence-corrected chi connectivity index (χ3v) is 5.23. The van der Waals surface area contributed by atoms with Crippen LogP contribution in [-0.4, -0.2) is 41.6 Å². The largest absolute Gasteiger partial charge is 0.452 e. The Labute approximate surface area is 120 Å². The van der Waals surface area contributed by atoms with Crippen LogP contribution < -0.4 is 0 Å². The normalized spacial score (nSPS) is 49.6. The molecule has 3 saturated heterocycles. The molecule has 0 saturated carbocycles. The SMILES string of the molecule is CC1=C[C@@]23OC(=O)C(C)=C2[C@H]2OC(=O)[C@]4(CC[C@H]1O3)O[C@@H]24. The van der Waals surface area contributed by atoms with Gasteiger partial charge in [0.1, 0.15) is 6.10 Å². The average Bonchev–Trinajstić information content (AvgIpc) is 2.90. The zero-order chi connectivity index (χ0) is 14.6. The number of carbonyl (C=O) groups is 2. The lowest BCUT2D eigenvalue weighted by molar-refractivity contribution is -0.192. The lowest BCUT2D eigenvalue weighted by Gasteiger charge is -2.29. The van der Waals surface area contributed by atoms with Crippen LogP contribution in [0.3, 0.4) is 0 Å². The van der Waals surface area contributed by atoms with Gasteiger partial charge in [0.15, 0.2) is 11.7 Å². The summed E-state index contributed by atoms with van der Waals surface area (Å²) in [5.74, 6) is -1.97. The molecule has 5 atom stereocenters. The van der Waals surface area contributed by atoms with Gasteiger partial charge in [0, 0.05) is 5.57 Å². The first-order valence-corrected chi connectivity index (χ1v) is 7.17. The van der Waals surface area contributed by atoms with E-state index >= 15 is 0 Å². The van der Waals surface area contributed by atoms with Crippen molar-refractivity contribution in [1.82, 2.24) is 0 Å². The third-order valence-electron chi connectivity index (χ3n) is 5.23. The van der Waals surface area contributed by atoms with Crippen LogP contribution in [0.5, 0.6) is 0 Å². The monoisotopic (exact) mass is 290 g/mol. The highest BCUT2D eigenvalue weighted by Crippen LogP contribution is 2.58. The summed E-state index contributed by atoms with van der Waals surface area (Å²) < 4.78 is 22.8. The second kappa shape index (κ2) is 3.23. The van der Waals surface area contributed by atoms with Crippen molar-refractivity contribution in [3.05, 3.63) is 22.8 Å². The average molecular weight is 290 g/mol. The highest BCUT2D eigenvalue weighted by atomic mass is 16.7. The fourth-order valence-corrected chi connectivity index (χ4v) is 4.06. The number of fused-ring (bicyclic) bond motifs is 2. The summed E-state index contributed by atoms with van der Waals surface area (Å²) in [5.41, 5.74) is 1.22. The van der Waals surface area contributed by atoms with Gasteiger partial charge >= 0.3 is 11.9 Å². The number of hydrogen-bond donors (Lipinski definition) is 0. The molecule has 5 heterocycles. The Morgan fingerprint density at radius 3 is 2.81 bits per heavy atom. The lowest BCUT2D eigenvalue weighted by Crippen LogP contribution is -2.39. The number of carbonyl (C=O) groups excluding carboxylic acids is 2. The molecule has 21 heavy (non-hydrogen) atoms. The molecule has 0 aromatic rings. The third kappa shape index (κ3) is 1.18. The van der Waals surface area contributed by atoms with Crippen LogP contribution in [0.4, 0.5) is 0 Å². The molecule has 6 heteroatoms. The molecule has 0 amide bonds. The molecule has 0 unspecified atom stereocenters. The molecule has 6 nitrogen and oxygen atoms in total. The number of epoxide rings is 1. The van der Waals surface area contributed by atoms with Crippen molar-refractivity contribution in [2.45, 2.75) is 56.4 Å². The van der Waals surface area contributed by atoms with E-state index < -0.39 is 23.5 Å². The molecule has 0 aromatic heterocycles. The van der Waals surface area contributed by atoms with Gasteiger partial charge in [-0.15, -0.1) is 0 Å². The van der Waals surface area contributed by atoms with Gasteiger partial charge in [-0.2, -0.15) is 0 Å². The fourth-order valence-electron chi connectivity index (χ4n) is 4.06. The van der Waals surface area contributed by atoms with Crippen LogP contribution in [0.25, 0.3) is 0 Å². The quantitative estimate of drug-likeness (QED) is 0.372. The number of hydrogen-bond acceptors (Lipinski definition) is 6. The maximum Gasteiger partial charge on any atom is 0.342 e. The summed E-state index contributed by atoms with van der Waals surface area (Å²) in [4.78, 5) is 24.2. The molecule has 0 N–H and O–H groups in total. The lowest BCUT2D eigenvalue weighted by atomic mass is 9.89. The van der Waals surface area contributed by atoms with Crippen LogP contribution in [-0.2, 0) is 28.5 Å². The summed E-state index contributed by atoms with van der Waals surface area (Å²) in [6.07, 6.45) is 1.97. The molecular formula is C15H14O6. The van der Waals surface area contributed by atoms with Crippen molar-refractivity contribution < 1.29 is 28.5 Å². The number of esters is 2. The smallest absolute Gasteiger partial charge is 0.342 e. The molecule has 5 rings (SSSR count). The standard InChI is InChI=1S/C15H14O6/c1-6-5-15-9(7(2)12(16)21-15)10-11-14(20-11,13(17)18-10)4-3-8(6)19-15/h5,8,10-11H,3-4H2,1-2H3/t8-,10-,11+,14-,15-/m1/s1. The van der Waals surface area contributed by atoms with Crippen LogP contribution in [0.1, 0.15) is 26.7 Å². The first-order valence-electron chi connectivity index (χ1n) is 7.17. The van der Waals surface area contributed by atoms with Gasteiger partial charge in [-0.1, -0.05) is 0 Å². The van der Waals surface area contributed by atoms with Crippen molar-refractivity contribution >= 4 is 11.9 Å². The van der Waals surface area contributed by atoms with E-state index in [1.54, 1.807) is 6.92 Å². The van der Waals surface area contributed by atoms with Gasteiger partial charge in [0.2, 0.25) is 0 Å². The summed E-state index contributed by atoms with van der Waals surface area (Å²) in [5, 5.41) is 0. The topological polar surface area (TPSA) is 74.4 Å². The number of ether oxygens (including phenoxy) is 4. The van der Waals surface area contributed by atoms with E-state index in [2.05, 4.69) is 0 Å². The van der Waals surface area contributed by atoms with Crippen molar-refractivity contribution in [3.63, 3.8) is 0 Å². The van der Waals surface area contributed by atoms with E-state index in [9.17, 15) is 9.59 Å². The van der Waals surface area contributed by atoms with Crippen molar-refractivity contribution in [1.29, 1.82) is 0 Å². The minimum absolute atomic E-state index is 0.162. The van der Waals surface area contributed by atoms with Gasteiger partial charge in [-0.25, -0.2) is 9.59 Å². The van der Waals surface area contributed by atoms with Gasteiger partial charge < -0.3 is 18.9 Å². The van der Waals surface area contributed by atoms with Gasteiger partial charge in [0.25, 0.3) is 5.79 Å². The molecule has 0 aliphatic carbocycles. The fraction of sp³-hybridized carbons (Fsp3) is 0.600. The Morgan fingerprint density at radius 1 is 1.24 bits per heavy atom. The van der Waals surface area contributed by atoms with E-state index in [-0.39, 0.29) is 18.2 Å². The summed E-state index contributed by atoms with van der Waals surface area (Å²) >= 11 is 0. The van der Waals surface area contributed by atoms with Gasteiger partial charge in [0.05, 0.1) is 11.7 Å². The molecule has 4 bridgehead atoms. The van der Waals surface area contributed by atoms with Gasteiger partial charge in [-0.3, -0.25) is 0 Å². The van der Waals surface area contributed by atoms with E-state index in [0.717, 1.165) is 5.57 Å². The highest BCUT2D eigenvalue weighted by molar-refractivity contribution is 5.94. The van der Waals surface area contributed by atoms with Crippen LogP contribution in [0, 0.1) is 0 Å². The Morgan fingerprint density at radius 2 is 2.05 bits per heavy atom. The minimum Gasteiger partial charge on any atom is -0.452 e. The van der Waals surface area contributed by atoms with Crippen molar-refractivity contribution in [2.75, 3.05) is 0 Å². The first kappa shape index (κ1) is 11.9. The Hall–Kier alpha value is -1.66. The summed E-state index contributed by atoms with van der Waals surface area (Å²) in [6.45, 7) is 3.63. The molecule has 5 aliphatic rings. The molecule has 0 aromatic carbocycles.